The summed E-state index contributed by atoms with van der Waals surface area (Å²) in [6.45, 7) is 1.73. The third kappa shape index (κ3) is 5.40. The maximum Gasteiger partial charge on any atom is 0.416 e. The Hall–Kier alpha value is -4.63. The predicted molar refractivity (Wildman–Crippen MR) is 175 cm³/mol. The van der Waals surface area contributed by atoms with Crippen LogP contribution < -0.4 is 14.5 Å². The summed E-state index contributed by atoms with van der Waals surface area (Å²) < 4.78 is 102. The zero-order valence-corrected chi connectivity index (χ0v) is 28.6. The Morgan fingerprint density at radius 3 is 2.02 bits per heavy atom. The first-order valence-electron chi connectivity index (χ1n) is 16.1. The lowest BCUT2D eigenvalue weighted by atomic mass is 9.56. The van der Waals surface area contributed by atoms with Crippen molar-refractivity contribution in [1.82, 2.24) is 0 Å². The van der Waals surface area contributed by atoms with Gasteiger partial charge in [-0.15, -0.1) is 23.2 Å². The molecule has 0 spiro atoms. The lowest BCUT2D eigenvalue weighted by Gasteiger charge is -2.50. The van der Waals surface area contributed by atoms with Gasteiger partial charge in [0.25, 0.3) is 11.8 Å². The number of halogens is 9. The lowest BCUT2D eigenvalue weighted by molar-refractivity contribution is -0.143. The molecular formula is C36H25Cl2F7N2O6. The molecule has 3 fully saturated rings. The summed E-state index contributed by atoms with van der Waals surface area (Å²) in [5, 5.41) is 10.5. The number of anilines is 2. The molecule has 3 aromatic rings. The molecule has 0 unspecified atom stereocenters. The summed E-state index contributed by atoms with van der Waals surface area (Å²) in [4.78, 5) is 53.2. The molecule has 0 radical (unpaired) electrons. The minimum absolute atomic E-state index is 0.0441. The number of hydrogen-bond donors (Lipinski definition) is 1. The van der Waals surface area contributed by atoms with Crippen molar-refractivity contribution in [2.24, 2.45) is 17.8 Å². The number of ether oxygens (including phenoxy) is 1. The van der Waals surface area contributed by atoms with E-state index in [1.165, 1.54) is 24.3 Å². The second-order valence-corrected chi connectivity index (χ2v) is 14.4. The second kappa shape index (κ2) is 12.2. The van der Waals surface area contributed by atoms with Crippen LogP contribution in [0.3, 0.4) is 0 Å². The molecule has 8 nitrogen and oxygen atoms in total. The Morgan fingerprint density at radius 1 is 0.811 bits per heavy atom. The van der Waals surface area contributed by atoms with Gasteiger partial charge in [-0.05, 0) is 85.8 Å². The number of phenols is 1. The van der Waals surface area contributed by atoms with Crippen LogP contribution >= 0.6 is 23.2 Å². The van der Waals surface area contributed by atoms with Gasteiger partial charge in [-0.1, -0.05) is 17.7 Å². The maximum atomic E-state index is 14.5. The van der Waals surface area contributed by atoms with Crippen LogP contribution in [-0.2, 0) is 31.5 Å². The van der Waals surface area contributed by atoms with E-state index in [9.17, 15) is 55.0 Å². The Balaban J connectivity index is 1.39. The number of alkyl halides is 8. The van der Waals surface area contributed by atoms with Crippen LogP contribution in [0.25, 0.3) is 0 Å². The number of amides is 4. The first kappa shape index (κ1) is 36.7. The Bertz CT molecular complexity index is 2090. The summed E-state index contributed by atoms with van der Waals surface area (Å²) in [6.07, 6.45) is -9.86. The van der Waals surface area contributed by atoms with Crippen molar-refractivity contribution < 1.29 is 59.8 Å². The molecule has 53 heavy (non-hydrogen) atoms. The van der Waals surface area contributed by atoms with Gasteiger partial charge in [-0.2, -0.15) is 26.3 Å². The van der Waals surface area contributed by atoms with Gasteiger partial charge < -0.3 is 9.84 Å². The number of rotatable bonds is 5. The molecule has 4 aliphatic rings. The molecule has 0 bridgehead atoms. The second-order valence-electron chi connectivity index (χ2n) is 13.2. The fourth-order valence-electron chi connectivity index (χ4n) is 8.08. The fraction of sp³-hybridized carbons (Fsp3) is 0.333. The van der Waals surface area contributed by atoms with E-state index >= 15 is 0 Å². The Labute approximate surface area is 305 Å². The van der Waals surface area contributed by atoms with Gasteiger partial charge in [0.05, 0.1) is 40.9 Å². The molecule has 278 valence electrons. The SMILES string of the molecule is CCOc1cc([C@H]2C3=CC[C@@H]4C(=O)N(c5cc(C(F)(F)F)cc(C(F)(F)F)c5)C(=O)[C@@H]4[C@@H]3C[C@@]3(Cl)C(=O)N(c4ccc(F)cc4)C(=O)[C@@]23Cl)ccc1O. The number of allylic oxidation sites excluding steroid dienone is 2. The van der Waals surface area contributed by atoms with Gasteiger partial charge in [0.2, 0.25) is 11.8 Å². The summed E-state index contributed by atoms with van der Waals surface area (Å²) in [6, 6.07) is 8.68. The van der Waals surface area contributed by atoms with E-state index in [0.717, 1.165) is 24.3 Å². The fourth-order valence-corrected chi connectivity index (χ4v) is 9.01. The van der Waals surface area contributed by atoms with Crippen molar-refractivity contribution in [3.05, 3.63) is 94.8 Å². The molecule has 7 rings (SSSR count). The molecule has 0 aromatic heterocycles. The molecular weight excluding hydrogens is 760 g/mol. The predicted octanol–water partition coefficient (Wildman–Crippen LogP) is 7.74. The summed E-state index contributed by atoms with van der Waals surface area (Å²) >= 11 is 14.6. The van der Waals surface area contributed by atoms with E-state index in [1.807, 2.05) is 0 Å². The van der Waals surface area contributed by atoms with E-state index in [-0.39, 0.29) is 64.4 Å². The minimum Gasteiger partial charge on any atom is -0.504 e. The highest BCUT2D eigenvalue weighted by atomic mass is 35.5. The summed E-state index contributed by atoms with van der Waals surface area (Å²) in [7, 11) is 0. The largest absolute Gasteiger partial charge is 0.504 e. The number of nitrogens with zero attached hydrogens (tertiary/aromatic N) is 2. The van der Waals surface area contributed by atoms with Crippen molar-refractivity contribution >= 4 is 58.2 Å². The first-order chi connectivity index (χ1) is 24.7. The monoisotopic (exact) mass is 784 g/mol. The minimum atomic E-state index is -5.27. The number of imide groups is 2. The van der Waals surface area contributed by atoms with Gasteiger partial charge in [-0.25, -0.2) is 14.2 Å². The molecule has 1 N–H and O–H groups in total. The van der Waals surface area contributed by atoms with Crippen molar-refractivity contribution in [1.29, 1.82) is 0 Å². The van der Waals surface area contributed by atoms with Gasteiger partial charge >= 0.3 is 12.4 Å². The molecule has 17 heteroatoms. The number of carbonyl (C=O) groups excluding carboxylic acids is 4. The van der Waals surface area contributed by atoms with Crippen molar-refractivity contribution in [2.45, 2.75) is 47.8 Å². The van der Waals surface area contributed by atoms with E-state index in [0.29, 0.717) is 4.90 Å². The van der Waals surface area contributed by atoms with Gasteiger partial charge in [-0.3, -0.25) is 19.2 Å². The Morgan fingerprint density at radius 2 is 1.43 bits per heavy atom. The molecule has 6 atom stereocenters. The smallest absolute Gasteiger partial charge is 0.416 e. The molecule has 3 aromatic carbocycles. The highest BCUT2D eigenvalue weighted by molar-refractivity contribution is 6.58. The van der Waals surface area contributed by atoms with Crippen LogP contribution in [0.4, 0.5) is 42.1 Å². The standard InChI is InChI=1S/C36H25Cl2F7N2O6/c1-2-53-26-11-16(3-10-25(26)48)28-22-8-9-23-27(30(50)46(29(23)49)21-13-17(35(40,41)42)12-18(14-21)36(43,44)45)24(22)15-33(37)31(51)47(32(52)34(28,33)38)20-6-4-19(39)5-7-20/h3-8,10-14,23-24,27-28,48H,2,9,15H2,1H3/t23-,24+,27-,28-,33+,34-/m0/s1. The molecule has 1 saturated carbocycles. The van der Waals surface area contributed by atoms with Crippen LogP contribution in [0.5, 0.6) is 11.5 Å². The molecule has 4 amide bonds. The third-order valence-corrected chi connectivity index (χ3v) is 11.8. The van der Waals surface area contributed by atoms with Crippen molar-refractivity contribution in [2.75, 3.05) is 16.4 Å². The topological polar surface area (TPSA) is 104 Å². The molecule has 2 heterocycles. The van der Waals surface area contributed by atoms with E-state index in [2.05, 4.69) is 0 Å². The number of aromatic hydroxyl groups is 1. The Kier molecular flexibility index (Phi) is 8.45. The van der Waals surface area contributed by atoms with Crippen LogP contribution in [0.2, 0.25) is 0 Å². The van der Waals surface area contributed by atoms with Gasteiger partial charge in [0.15, 0.2) is 21.2 Å². The van der Waals surface area contributed by atoms with Gasteiger partial charge in [0.1, 0.15) is 5.82 Å². The normalized spacial score (nSPS) is 28.5. The average Bonchev–Trinajstić information content (AvgIpc) is 3.43. The zero-order chi connectivity index (χ0) is 38.6. The maximum absolute atomic E-state index is 14.5. The quantitative estimate of drug-likeness (QED) is 0.123. The number of carbonyl (C=O) groups is 4. The van der Waals surface area contributed by atoms with Gasteiger partial charge in [0, 0.05) is 5.92 Å². The third-order valence-electron chi connectivity index (χ3n) is 10.3. The molecule has 2 aliphatic heterocycles. The average molecular weight is 785 g/mol. The highest BCUT2D eigenvalue weighted by Crippen LogP contribution is 2.66. The highest BCUT2D eigenvalue weighted by Gasteiger charge is 2.76. The van der Waals surface area contributed by atoms with Crippen molar-refractivity contribution in [3.8, 4) is 11.5 Å². The van der Waals surface area contributed by atoms with E-state index in [4.69, 9.17) is 27.9 Å². The van der Waals surface area contributed by atoms with Crippen LogP contribution in [-0.4, -0.2) is 45.1 Å². The number of benzene rings is 3. The van der Waals surface area contributed by atoms with E-state index < -0.39 is 98.5 Å². The number of phenolic OH excluding ortho intramolecular Hbond substituents is 1. The van der Waals surface area contributed by atoms with Crippen molar-refractivity contribution in [3.63, 3.8) is 0 Å². The molecule has 2 saturated heterocycles. The summed E-state index contributed by atoms with van der Waals surface area (Å²) in [5.74, 6) is -10.6. The zero-order valence-electron chi connectivity index (χ0n) is 27.1. The first-order valence-corrected chi connectivity index (χ1v) is 16.8. The van der Waals surface area contributed by atoms with E-state index in [1.54, 1.807) is 6.92 Å². The number of fused-ring (bicyclic) bond motifs is 4. The summed E-state index contributed by atoms with van der Waals surface area (Å²) in [5.41, 5.74) is -4.09. The van der Waals surface area contributed by atoms with Crippen LogP contribution in [0.1, 0.15) is 42.4 Å². The van der Waals surface area contributed by atoms with Crippen LogP contribution in [0.15, 0.2) is 72.3 Å². The molecule has 2 aliphatic carbocycles. The number of hydrogen-bond acceptors (Lipinski definition) is 6. The lowest BCUT2D eigenvalue weighted by Crippen LogP contribution is -2.60. The van der Waals surface area contributed by atoms with Crippen LogP contribution in [0, 0.1) is 23.6 Å².